The molecule has 3 rings (SSSR count). The number of hydrogen-bond acceptors (Lipinski definition) is 3. The Bertz CT molecular complexity index is 568. The maximum atomic E-state index is 12.1. The van der Waals surface area contributed by atoms with Gasteiger partial charge < -0.3 is 14.6 Å². The van der Waals surface area contributed by atoms with Gasteiger partial charge in [-0.15, -0.1) is 0 Å². The number of aromatic nitrogens is 2. The van der Waals surface area contributed by atoms with Crippen LogP contribution in [0.25, 0.3) is 0 Å². The fourth-order valence-corrected chi connectivity index (χ4v) is 2.67. The summed E-state index contributed by atoms with van der Waals surface area (Å²) in [5.74, 6) is 0.00599. The second kappa shape index (κ2) is 5.46. The van der Waals surface area contributed by atoms with Crippen LogP contribution in [0.3, 0.4) is 0 Å². The molecule has 20 heavy (non-hydrogen) atoms. The van der Waals surface area contributed by atoms with Crippen molar-refractivity contribution in [1.29, 1.82) is 0 Å². The number of carbonyl (C=O) groups excluding carboxylic acids is 1. The van der Waals surface area contributed by atoms with E-state index in [1.165, 1.54) is 0 Å². The number of carbonyl (C=O) groups is 1. The van der Waals surface area contributed by atoms with Crippen LogP contribution in [0.2, 0.25) is 0 Å². The molecule has 2 aromatic rings. The van der Waals surface area contributed by atoms with Gasteiger partial charge in [-0.1, -0.05) is 30.3 Å². The standard InChI is InChI=1S/C15H17N3O2/c19-13-8-15(20)18(9-13)14(10-17-7-6-16-11-17)12-4-2-1-3-5-12/h1-7,11,13-14,19H,8-10H2. The van der Waals surface area contributed by atoms with Crippen molar-refractivity contribution in [2.45, 2.75) is 25.1 Å². The molecular weight excluding hydrogens is 254 g/mol. The van der Waals surface area contributed by atoms with Crippen molar-refractivity contribution < 1.29 is 9.90 Å². The number of aliphatic hydroxyl groups is 1. The van der Waals surface area contributed by atoms with E-state index < -0.39 is 6.10 Å². The molecule has 1 aromatic carbocycles. The minimum atomic E-state index is -0.559. The van der Waals surface area contributed by atoms with Crippen LogP contribution in [0, 0.1) is 0 Å². The quantitative estimate of drug-likeness (QED) is 0.909. The molecule has 1 saturated heterocycles. The predicted octanol–water partition coefficient (Wildman–Crippen LogP) is 1.22. The number of imidazole rings is 1. The number of aliphatic hydroxyl groups excluding tert-OH is 1. The van der Waals surface area contributed by atoms with Crippen molar-refractivity contribution in [1.82, 2.24) is 14.5 Å². The van der Waals surface area contributed by atoms with E-state index in [-0.39, 0.29) is 18.4 Å². The number of β-amino-alcohol motifs (C(OH)–C–C–N with tert-alkyl or cyclic N) is 1. The third-order valence-electron chi connectivity index (χ3n) is 3.64. The van der Waals surface area contributed by atoms with Gasteiger partial charge in [0.25, 0.3) is 0 Å². The molecule has 1 fully saturated rings. The maximum absolute atomic E-state index is 12.1. The fraction of sp³-hybridized carbons (Fsp3) is 0.333. The van der Waals surface area contributed by atoms with Gasteiger partial charge in [0.15, 0.2) is 0 Å². The molecule has 0 radical (unpaired) electrons. The van der Waals surface area contributed by atoms with Crippen LogP contribution < -0.4 is 0 Å². The minimum absolute atomic E-state index is 0.00599. The molecule has 2 heterocycles. The van der Waals surface area contributed by atoms with Gasteiger partial charge in [0.2, 0.25) is 5.91 Å². The molecule has 1 N–H and O–H groups in total. The summed E-state index contributed by atoms with van der Waals surface area (Å²) in [4.78, 5) is 17.9. The Morgan fingerprint density at radius 1 is 1.35 bits per heavy atom. The summed E-state index contributed by atoms with van der Waals surface area (Å²) in [5, 5.41) is 9.71. The van der Waals surface area contributed by atoms with Crippen LogP contribution in [0.5, 0.6) is 0 Å². The van der Waals surface area contributed by atoms with Crippen LogP contribution in [0.15, 0.2) is 49.1 Å². The van der Waals surface area contributed by atoms with Gasteiger partial charge in [-0.25, -0.2) is 4.98 Å². The first kappa shape index (κ1) is 12.9. The lowest BCUT2D eigenvalue weighted by Gasteiger charge is -2.28. The molecule has 2 atom stereocenters. The number of hydrogen-bond donors (Lipinski definition) is 1. The fourth-order valence-electron chi connectivity index (χ4n) is 2.67. The van der Waals surface area contributed by atoms with Crippen LogP contribution in [0.4, 0.5) is 0 Å². The van der Waals surface area contributed by atoms with Crippen molar-refractivity contribution in [2.24, 2.45) is 0 Å². The van der Waals surface area contributed by atoms with Crippen molar-refractivity contribution in [3.8, 4) is 0 Å². The highest BCUT2D eigenvalue weighted by molar-refractivity contribution is 5.79. The molecule has 5 nitrogen and oxygen atoms in total. The van der Waals surface area contributed by atoms with Crippen molar-refractivity contribution >= 4 is 5.91 Å². The normalized spacial score (nSPS) is 20.4. The summed E-state index contributed by atoms with van der Waals surface area (Å²) >= 11 is 0. The highest BCUT2D eigenvalue weighted by Gasteiger charge is 2.34. The van der Waals surface area contributed by atoms with Crippen molar-refractivity contribution in [2.75, 3.05) is 6.54 Å². The Balaban J connectivity index is 1.89. The molecule has 2 unspecified atom stereocenters. The van der Waals surface area contributed by atoms with Gasteiger partial charge in [-0.3, -0.25) is 4.79 Å². The summed E-state index contributed by atoms with van der Waals surface area (Å²) in [6.07, 6.45) is 5.01. The summed E-state index contributed by atoms with van der Waals surface area (Å²) in [5.41, 5.74) is 1.07. The first-order chi connectivity index (χ1) is 9.74. The van der Waals surface area contributed by atoms with E-state index in [1.807, 2.05) is 41.1 Å². The average Bonchev–Trinajstić information content (AvgIpc) is 3.07. The highest BCUT2D eigenvalue weighted by Crippen LogP contribution is 2.27. The number of benzene rings is 1. The van der Waals surface area contributed by atoms with E-state index in [4.69, 9.17) is 0 Å². The number of nitrogens with zero attached hydrogens (tertiary/aromatic N) is 3. The Labute approximate surface area is 117 Å². The topological polar surface area (TPSA) is 58.4 Å². The molecule has 0 spiro atoms. The van der Waals surface area contributed by atoms with Crippen LogP contribution in [0.1, 0.15) is 18.0 Å². The van der Waals surface area contributed by atoms with E-state index >= 15 is 0 Å². The lowest BCUT2D eigenvalue weighted by Crippen LogP contribution is -2.33. The Kier molecular flexibility index (Phi) is 3.52. The average molecular weight is 271 g/mol. The third kappa shape index (κ3) is 2.58. The Hall–Kier alpha value is -2.14. The highest BCUT2D eigenvalue weighted by atomic mass is 16.3. The second-order valence-corrected chi connectivity index (χ2v) is 5.09. The monoisotopic (exact) mass is 271 g/mol. The first-order valence-corrected chi connectivity index (χ1v) is 6.72. The lowest BCUT2D eigenvalue weighted by molar-refractivity contribution is -0.130. The van der Waals surface area contributed by atoms with Crippen LogP contribution in [-0.4, -0.2) is 38.1 Å². The van der Waals surface area contributed by atoms with E-state index in [0.29, 0.717) is 13.1 Å². The van der Waals surface area contributed by atoms with Gasteiger partial charge in [-0.2, -0.15) is 0 Å². The van der Waals surface area contributed by atoms with E-state index in [1.54, 1.807) is 17.4 Å². The van der Waals surface area contributed by atoms with Gasteiger partial charge >= 0.3 is 0 Å². The molecule has 0 bridgehead atoms. The zero-order valence-electron chi connectivity index (χ0n) is 11.1. The Morgan fingerprint density at radius 3 is 2.75 bits per heavy atom. The number of amides is 1. The second-order valence-electron chi connectivity index (χ2n) is 5.09. The summed E-state index contributed by atoms with van der Waals surface area (Å²) < 4.78 is 1.95. The molecule has 0 aliphatic carbocycles. The molecule has 104 valence electrons. The number of rotatable bonds is 4. The maximum Gasteiger partial charge on any atom is 0.225 e. The smallest absolute Gasteiger partial charge is 0.225 e. The molecule has 1 aromatic heterocycles. The summed E-state index contributed by atoms with van der Waals surface area (Å²) in [7, 11) is 0. The zero-order valence-corrected chi connectivity index (χ0v) is 11.1. The SMILES string of the molecule is O=C1CC(O)CN1C(Cn1ccnc1)c1ccccc1. The predicted molar refractivity (Wildman–Crippen MR) is 73.7 cm³/mol. The van der Waals surface area contributed by atoms with Crippen molar-refractivity contribution in [3.63, 3.8) is 0 Å². The minimum Gasteiger partial charge on any atom is -0.391 e. The van der Waals surface area contributed by atoms with Gasteiger partial charge in [0.1, 0.15) is 0 Å². The van der Waals surface area contributed by atoms with E-state index in [9.17, 15) is 9.90 Å². The molecule has 1 aliphatic heterocycles. The molecule has 1 amide bonds. The van der Waals surface area contributed by atoms with E-state index in [2.05, 4.69) is 4.98 Å². The van der Waals surface area contributed by atoms with Gasteiger partial charge in [0, 0.05) is 25.5 Å². The lowest BCUT2D eigenvalue weighted by atomic mass is 10.1. The van der Waals surface area contributed by atoms with Crippen LogP contribution >= 0.6 is 0 Å². The van der Waals surface area contributed by atoms with E-state index in [0.717, 1.165) is 5.56 Å². The number of likely N-dealkylation sites (tertiary alicyclic amines) is 1. The summed E-state index contributed by atoms with van der Waals surface area (Å²) in [6, 6.07) is 9.84. The first-order valence-electron chi connectivity index (χ1n) is 6.72. The molecule has 5 heteroatoms. The Morgan fingerprint density at radius 2 is 2.15 bits per heavy atom. The summed E-state index contributed by atoms with van der Waals surface area (Å²) in [6.45, 7) is 1.04. The molecule has 0 saturated carbocycles. The van der Waals surface area contributed by atoms with Crippen LogP contribution in [-0.2, 0) is 11.3 Å². The molecular formula is C15H17N3O2. The van der Waals surface area contributed by atoms with Gasteiger partial charge in [0.05, 0.1) is 24.9 Å². The molecule has 1 aliphatic rings. The largest absolute Gasteiger partial charge is 0.391 e. The third-order valence-corrected chi connectivity index (χ3v) is 3.64. The zero-order chi connectivity index (χ0) is 13.9. The van der Waals surface area contributed by atoms with Crippen molar-refractivity contribution in [3.05, 3.63) is 54.6 Å². The van der Waals surface area contributed by atoms with Gasteiger partial charge in [-0.05, 0) is 5.56 Å².